The standard InChI is InChI=1S/C14H19N3O4/c1-20-10-5-9(6-11(7-10)21-2)17-12(18)8-16-13(19)14(15)3-4-14/h5-7H,3-4,8,15H2,1-2H3,(H,16,19)(H,17,18). The number of benzene rings is 1. The van der Waals surface area contributed by atoms with Gasteiger partial charge in [-0.05, 0) is 12.8 Å². The number of ether oxygens (including phenoxy) is 2. The minimum Gasteiger partial charge on any atom is -0.497 e. The summed E-state index contributed by atoms with van der Waals surface area (Å²) in [7, 11) is 3.05. The maximum atomic E-state index is 11.8. The summed E-state index contributed by atoms with van der Waals surface area (Å²) < 4.78 is 10.2. The Balaban J connectivity index is 1.91. The lowest BCUT2D eigenvalue weighted by Gasteiger charge is -2.12. The quantitative estimate of drug-likeness (QED) is 0.697. The molecule has 2 rings (SSSR count). The Morgan fingerprint density at radius 2 is 1.76 bits per heavy atom. The smallest absolute Gasteiger partial charge is 0.243 e. The van der Waals surface area contributed by atoms with Crippen molar-refractivity contribution in [2.75, 3.05) is 26.1 Å². The highest BCUT2D eigenvalue weighted by Crippen LogP contribution is 2.32. The van der Waals surface area contributed by atoms with Gasteiger partial charge in [0.15, 0.2) is 0 Å². The lowest BCUT2D eigenvalue weighted by molar-refractivity contribution is -0.125. The van der Waals surface area contributed by atoms with E-state index in [1.54, 1.807) is 18.2 Å². The van der Waals surface area contributed by atoms with Crippen LogP contribution in [0.3, 0.4) is 0 Å². The number of carbonyl (C=O) groups excluding carboxylic acids is 2. The molecule has 21 heavy (non-hydrogen) atoms. The molecule has 0 saturated heterocycles. The summed E-state index contributed by atoms with van der Waals surface area (Å²) in [5.41, 5.74) is 5.48. The van der Waals surface area contributed by atoms with E-state index in [1.807, 2.05) is 0 Å². The molecule has 0 aliphatic heterocycles. The Kier molecular flexibility index (Phi) is 4.32. The van der Waals surface area contributed by atoms with Gasteiger partial charge in [-0.1, -0.05) is 0 Å². The van der Waals surface area contributed by atoms with Crippen LogP contribution in [-0.2, 0) is 9.59 Å². The van der Waals surface area contributed by atoms with Crippen molar-refractivity contribution in [3.8, 4) is 11.5 Å². The van der Waals surface area contributed by atoms with Crippen LogP contribution in [0.25, 0.3) is 0 Å². The summed E-state index contributed by atoms with van der Waals surface area (Å²) in [6.07, 6.45) is 1.32. The molecule has 7 heteroatoms. The molecular formula is C14H19N3O4. The summed E-state index contributed by atoms with van der Waals surface area (Å²) in [5.74, 6) is 0.490. The number of hydrogen-bond acceptors (Lipinski definition) is 5. The average Bonchev–Trinajstić information content (AvgIpc) is 3.23. The van der Waals surface area contributed by atoms with Gasteiger partial charge in [-0.25, -0.2) is 0 Å². The van der Waals surface area contributed by atoms with E-state index in [0.29, 0.717) is 30.0 Å². The van der Waals surface area contributed by atoms with Crippen LogP contribution in [0.1, 0.15) is 12.8 Å². The van der Waals surface area contributed by atoms with Crippen LogP contribution in [0, 0.1) is 0 Å². The second-order valence-electron chi connectivity index (χ2n) is 4.99. The van der Waals surface area contributed by atoms with E-state index in [9.17, 15) is 9.59 Å². The molecule has 0 aromatic heterocycles. The second-order valence-corrected chi connectivity index (χ2v) is 4.99. The highest BCUT2D eigenvalue weighted by Gasteiger charge is 2.45. The minimum absolute atomic E-state index is 0.128. The first-order chi connectivity index (χ1) is 9.96. The Morgan fingerprint density at radius 1 is 1.19 bits per heavy atom. The molecule has 1 aromatic rings. The predicted octanol–water partition coefficient (Wildman–Crippen LogP) is 0.250. The van der Waals surface area contributed by atoms with Crippen molar-refractivity contribution in [3.63, 3.8) is 0 Å². The monoisotopic (exact) mass is 293 g/mol. The van der Waals surface area contributed by atoms with Gasteiger partial charge < -0.3 is 25.8 Å². The van der Waals surface area contributed by atoms with Crippen LogP contribution in [0.5, 0.6) is 11.5 Å². The van der Waals surface area contributed by atoms with Gasteiger partial charge in [-0.3, -0.25) is 9.59 Å². The number of carbonyl (C=O) groups is 2. The molecule has 1 saturated carbocycles. The van der Waals surface area contributed by atoms with Crippen LogP contribution in [0.2, 0.25) is 0 Å². The summed E-state index contributed by atoms with van der Waals surface area (Å²) >= 11 is 0. The van der Waals surface area contributed by atoms with Gasteiger partial charge in [-0.15, -0.1) is 0 Å². The topological polar surface area (TPSA) is 103 Å². The van der Waals surface area contributed by atoms with Gasteiger partial charge in [-0.2, -0.15) is 0 Å². The summed E-state index contributed by atoms with van der Waals surface area (Å²) in [5, 5.41) is 5.19. The fourth-order valence-corrected chi connectivity index (χ4v) is 1.78. The molecule has 0 radical (unpaired) electrons. The maximum absolute atomic E-state index is 11.8. The van der Waals surface area contributed by atoms with Gasteiger partial charge >= 0.3 is 0 Å². The van der Waals surface area contributed by atoms with Crippen molar-refractivity contribution in [1.29, 1.82) is 0 Å². The number of hydrogen-bond donors (Lipinski definition) is 3. The SMILES string of the molecule is COc1cc(NC(=O)CNC(=O)C2(N)CC2)cc(OC)c1. The summed E-state index contributed by atoms with van der Waals surface area (Å²) in [6, 6.07) is 5.02. The van der Waals surface area contributed by atoms with E-state index in [2.05, 4.69) is 10.6 Å². The number of amides is 2. The Morgan fingerprint density at radius 3 is 2.24 bits per heavy atom. The van der Waals surface area contributed by atoms with E-state index in [0.717, 1.165) is 0 Å². The van der Waals surface area contributed by atoms with E-state index in [-0.39, 0.29) is 18.4 Å². The lowest BCUT2D eigenvalue weighted by Crippen LogP contribution is -2.45. The van der Waals surface area contributed by atoms with Crippen molar-refractivity contribution in [3.05, 3.63) is 18.2 Å². The number of nitrogens with two attached hydrogens (primary N) is 1. The Bertz CT molecular complexity index is 533. The normalized spacial score (nSPS) is 15.0. The van der Waals surface area contributed by atoms with Gasteiger partial charge in [0.25, 0.3) is 0 Å². The molecule has 1 aliphatic rings. The third-order valence-electron chi connectivity index (χ3n) is 3.29. The number of methoxy groups -OCH3 is 2. The predicted molar refractivity (Wildman–Crippen MR) is 77.3 cm³/mol. The van der Waals surface area contributed by atoms with Crippen molar-refractivity contribution in [2.24, 2.45) is 5.73 Å². The van der Waals surface area contributed by atoms with Crippen molar-refractivity contribution < 1.29 is 19.1 Å². The first-order valence-electron chi connectivity index (χ1n) is 6.57. The van der Waals surface area contributed by atoms with Crippen LogP contribution >= 0.6 is 0 Å². The van der Waals surface area contributed by atoms with E-state index >= 15 is 0 Å². The summed E-state index contributed by atoms with van der Waals surface area (Å²) in [4.78, 5) is 23.4. The number of rotatable bonds is 6. The zero-order valence-electron chi connectivity index (χ0n) is 12.1. The Hall–Kier alpha value is -2.28. The molecule has 1 aliphatic carbocycles. The third kappa shape index (κ3) is 3.85. The largest absolute Gasteiger partial charge is 0.497 e. The van der Waals surface area contributed by atoms with Crippen LogP contribution in [0.15, 0.2) is 18.2 Å². The van der Waals surface area contributed by atoms with E-state index in [4.69, 9.17) is 15.2 Å². The zero-order chi connectivity index (χ0) is 15.5. The molecule has 1 fully saturated rings. The molecular weight excluding hydrogens is 274 g/mol. The number of nitrogens with one attached hydrogen (secondary N) is 2. The fraction of sp³-hybridized carbons (Fsp3) is 0.429. The zero-order valence-corrected chi connectivity index (χ0v) is 12.1. The first-order valence-corrected chi connectivity index (χ1v) is 6.57. The van der Waals surface area contributed by atoms with Crippen LogP contribution in [0.4, 0.5) is 5.69 Å². The molecule has 0 heterocycles. The molecule has 0 atom stereocenters. The Labute approximate surface area is 122 Å². The lowest BCUT2D eigenvalue weighted by atomic mass is 10.2. The van der Waals surface area contributed by atoms with Gasteiger partial charge in [0.2, 0.25) is 11.8 Å². The minimum atomic E-state index is -0.778. The molecule has 1 aromatic carbocycles. The van der Waals surface area contributed by atoms with Crippen molar-refractivity contribution >= 4 is 17.5 Å². The van der Waals surface area contributed by atoms with Gasteiger partial charge in [0.1, 0.15) is 11.5 Å². The second kappa shape index (κ2) is 6.01. The van der Waals surface area contributed by atoms with Crippen LogP contribution in [-0.4, -0.2) is 38.1 Å². The first kappa shape index (κ1) is 15.1. The van der Waals surface area contributed by atoms with Crippen molar-refractivity contribution in [2.45, 2.75) is 18.4 Å². The fourth-order valence-electron chi connectivity index (χ4n) is 1.78. The van der Waals surface area contributed by atoms with Crippen molar-refractivity contribution in [1.82, 2.24) is 5.32 Å². The number of anilines is 1. The molecule has 7 nitrogen and oxygen atoms in total. The van der Waals surface area contributed by atoms with Gasteiger partial charge in [0.05, 0.1) is 26.3 Å². The molecule has 0 bridgehead atoms. The van der Waals surface area contributed by atoms with E-state index in [1.165, 1.54) is 14.2 Å². The molecule has 0 unspecified atom stereocenters. The highest BCUT2D eigenvalue weighted by molar-refractivity contribution is 5.97. The third-order valence-corrected chi connectivity index (χ3v) is 3.29. The highest BCUT2D eigenvalue weighted by atomic mass is 16.5. The molecule has 114 valence electrons. The average molecular weight is 293 g/mol. The van der Waals surface area contributed by atoms with Crippen LogP contribution < -0.4 is 25.8 Å². The molecule has 0 spiro atoms. The van der Waals surface area contributed by atoms with Gasteiger partial charge in [0, 0.05) is 23.9 Å². The molecule has 2 amide bonds. The van der Waals surface area contributed by atoms with E-state index < -0.39 is 5.54 Å². The molecule has 4 N–H and O–H groups in total. The summed E-state index contributed by atoms with van der Waals surface area (Å²) in [6.45, 7) is -0.128. The maximum Gasteiger partial charge on any atom is 0.243 e.